The SMILES string of the molecule is CC(C)(C)C(=O)N1CCC(C(F)(F)F)C2(CCC2)C1. The lowest BCUT2D eigenvalue weighted by Crippen LogP contribution is -2.59. The van der Waals surface area contributed by atoms with Crippen LogP contribution in [-0.4, -0.2) is 30.1 Å². The van der Waals surface area contributed by atoms with Crippen molar-refractivity contribution in [1.29, 1.82) is 0 Å². The first-order valence-electron chi connectivity index (χ1n) is 6.92. The number of hydrogen-bond donors (Lipinski definition) is 0. The lowest BCUT2D eigenvalue weighted by Gasteiger charge is -2.54. The van der Waals surface area contributed by atoms with Gasteiger partial charge in [-0.3, -0.25) is 4.79 Å². The molecular formula is C14H22F3NO. The van der Waals surface area contributed by atoms with Gasteiger partial charge in [0, 0.05) is 18.5 Å². The molecule has 0 N–H and O–H groups in total. The van der Waals surface area contributed by atoms with Gasteiger partial charge < -0.3 is 4.90 Å². The molecule has 1 spiro atoms. The van der Waals surface area contributed by atoms with Crippen molar-refractivity contribution in [3.05, 3.63) is 0 Å². The molecule has 19 heavy (non-hydrogen) atoms. The third kappa shape index (κ3) is 2.61. The van der Waals surface area contributed by atoms with Crippen LogP contribution < -0.4 is 0 Å². The van der Waals surface area contributed by atoms with Crippen molar-refractivity contribution in [2.45, 2.75) is 52.6 Å². The highest BCUT2D eigenvalue weighted by Gasteiger charge is 2.58. The van der Waals surface area contributed by atoms with Crippen LogP contribution in [0.1, 0.15) is 46.5 Å². The summed E-state index contributed by atoms with van der Waals surface area (Å²) in [5, 5.41) is 0. The van der Waals surface area contributed by atoms with Gasteiger partial charge >= 0.3 is 6.18 Å². The second-order valence-electron chi connectivity index (χ2n) is 7.08. The van der Waals surface area contributed by atoms with Crippen LogP contribution in [-0.2, 0) is 4.79 Å². The lowest BCUT2D eigenvalue weighted by molar-refractivity contribution is -0.238. The molecule has 5 heteroatoms. The van der Waals surface area contributed by atoms with Gasteiger partial charge in [-0.25, -0.2) is 0 Å². The van der Waals surface area contributed by atoms with Crippen molar-refractivity contribution in [1.82, 2.24) is 4.90 Å². The Bertz CT molecular complexity index is 366. The van der Waals surface area contributed by atoms with E-state index in [1.165, 1.54) is 0 Å². The quantitative estimate of drug-likeness (QED) is 0.662. The monoisotopic (exact) mass is 277 g/mol. The first-order chi connectivity index (χ1) is 8.56. The van der Waals surface area contributed by atoms with Gasteiger partial charge in [-0.1, -0.05) is 27.2 Å². The molecule has 1 atom stereocenters. The Balaban J connectivity index is 2.15. The minimum absolute atomic E-state index is 0.0283. The zero-order valence-electron chi connectivity index (χ0n) is 11.8. The molecule has 0 radical (unpaired) electrons. The number of carbonyl (C=O) groups excluding carboxylic acids is 1. The minimum Gasteiger partial charge on any atom is -0.342 e. The van der Waals surface area contributed by atoms with Crippen LogP contribution in [0.15, 0.2) is 0 Å². The molecule has 0 aromatic heterocycles. The van der Waals surface area contributed by atoms with Crippen LogP contribution >= 0.6 is 0 Å². The predicted molar refractivity (Wildman–Crippen MR) is 66.5 cm³/mol. The first-order valence-corrected chi connectivity index (χ1v) is 6.92. The molecule has 2 nitrogen and oxygen atoms in total. The fraction of sp³-hybridized carbons (Fsp3) is 0.929. The van der Waals surface area contributed by atoms with Crippen molar-refractivity contribution in [2.75, 3.05) is 13.1 Å². The minimum atomic E-state index is -4.13. The summed E-state index contributed by atoms with van der Waals surface area (Å²) >= 11 is 0. The number of amides is 1. The van der Waals surface area contributed by atoms with Gasteiger partial charge in [0.1, 0.15) is 0 Å². The van der Waals surface area contributed by atoms with Crippen molar-refractivity contribution >= 4 is 5.91 Å². The molecule has 0 bridgehead atoms. The summed E-state index contributed by atoms with van der Waals surface area (Å²) < 4.78 is 39.3. The van der Waals surface area contributed by atoms with E-state index in [4.69, 9.17) is 0 Å². The van der Waals surface area contributed by atoms with E-state index in [9.17, 15) is 18.0 Å². The summed E-state index contributed by atoms with van der Waals surface area (Å²) in [5.74, 6) is -1.25. The van der Waals surface area contributed by atoms with Crippen molar-refractivity contribution < 1.29 is 18.0 Å². The van der Waals surface area contributed by atoms with Crippen LogP contribution in [0.4, 0.5) is 13.2 Å². The molecule has 0 aromatic carbocycles. The predicted octanol–water partition coefficient (Wildman–Crippen LogP) is 3.61. The van der Waals surface area contributed by atoms with Gasteiger partial charge in [0.25, 0.3) is 0 Å². The fourth-order valence-electron chi connectivity index (χ4n) is 3.46. The zero-order valence-corrected chi connectivity index (χ0v) is 11.8. The number of hydrogen-bond acceptors (Lipinski definition) is 1. The van der Waals surface area contributed by atoms with Crippen molar-refractivity contribution in [2.24, 2.45) is 16.7 Å². The lowest BCUT2D eigenvalue weighted by atomic mass is 9.58. The molecular weight excluding hydrogens is 255 g/mol. The van der Waals surface area contributed by atoms with Gasteiger partial charge in [-0.2, -0.15) is 13.2 Å². The van der Waals surface area contributed by atoms with Gasteiger partial charge in [0.2, 0.25) is 5.91 Å². The Labute approximate surface area is 112 Å². The topological polar surface area (TPSA) is 20.3 Å². The molecule has 2 fully saturated rings. The average Bonchev–Trinajstić information content (AvgIpc) is 2.22. The van der Waals surface area contributed by atoms with Crippen LogP contribution in [0, 0.1) is 16.7 Å². The Kier molecular flexibility index (Phi) is 3.38. The summed E-state index contributed by atoms with van der Waals surface area (Å²) in [5.41, 5.74) is -1.21. The standard InChI is InChI=1S/C14H22F3NO/c1-12(2,3)11(19)18-8-5-10(14(15,16)17)13(9-18)6-4-7-13/h10H,4-9H2,1-3H3. The Hall–Kier alpha value is -0.740. The third-order valence-corrected chi connectivity index (χ3v) is 4.61. The summed E-state index contributed by atoms with van der Waals surface area (Å²) in [7, 11) is 0. The van der Waals surface area contributed by atoms with Crippen LogP contribution in [0.3, 0.4) is 0 Å². The summed E-state index contributed by atoms with van der Waals surface area (Å²) in [6.07, 6.45) is -2.01. The number of halogens is 3. The van der Waals surface area contributed by atoms with E-state index in [0.29, 0.717) is 12.8 Å². The smallest absolute Gasteiger partial charge is 0.342 e. The molecule has 1 amide bonds. The van der Waals surface area contributed by atoms with Crippen molar-refractivity contribution in [3.8, 4) is 0 Å². The van der Waals surface area contributed by atoms with E-state index >= 15 is 0 Å². The van der Waals surface area contributed by atoms with E-state index < -0.39 is 22.9 Å². The van der Waals surface area contributed by atoms with E-state index in [-0.39, 0.29) is 25.4 Å². The number of alkyl halides is 3. The highest BCUT2D eigenvalue weighted by atomic mass is 19.4. The summed E-state index contributed by atoms with van der Waals surface area (Å²) in [6, 6.07) is 0. The number of rotatable bonds is 0. The van der Waals surface area contributed by atoms with Gasteiger partial charge in [0.15, 0.2) is 0 Å². The molecule has 110 valence electrons. The maximum Gasteiger partial charge on any atom is 0.392 e. The number of nitrogens with zero attached hydrogens (tertiary/aromatic N) is 1. The summed E-state index contributed by atoms with van der Waals surface area (Å²) in [4.78, 5) is 13.9. The van der Waals surface area contributed by atoms with Crippen LogP contribution in [0.5, 0.6) is 0 Å². The zero-order chi connectivity index (χ0) is 14.5. The van der Waals surface area contributed by atoms with E-state index in [0.717, 1.165) is 6.42 Å². The average molecular weight is 277 g/mol. The Morgan fingerprint density at radius 2 is 1.79 bits per heavy atom. The molecule has 1 aliphatic heterocycles. The second kappa shape index (κ2) is 4.38. The highest BCUT2D eigenvalue weighted by Crippen LogP contribution is 2.56. The van der Waals surface area contributed by atoms with Crippen molar-refractivity contribution in [3.63, 3.8) is 0 Å². The number of carbonyl (C=O) groups is 1. The van der Waals surface area contributed by atoms with Gasteiger partial charge in [-0.05, 0) is 24.7 Å². The van der Waals surface area contributed by atoms with E-state index in [1.54, 1.807) is 4.90 Å². The normalized spacial score (nSPS) is 27.3. The maximum atomic E-state index is 13.1. The fourth-order valence-corrected chi connectivity index (χ4v) is 3.46. The van der Waals surface area contributed by atoms with Crippen LogP contribution in [0.2, 0.25) is 0 Å². The molecule has 1 saturated heterocycles. The van der Waals surface area contributed by atoms with E-state index in [1.807, 2.05) is 20.8 Å². The molecule has 1 aliphatic carbocycles. The maximum absolute atomic E-state index is 13.1. The van der Waals surface area contributed by atoms with Gasteiger partial charge in [0.05, 0.1) is 5.92 Å². The molecule has 1 saturated carbocycles. The van der Waals surface area contributed by atoms with Crippen LogP contribution in [0.25, 0.3) is 0 Å². The third-order valence-electron chi connectivity index (χ3n) is 4.61. The Morgan fingerprint density at radius 3 is 2.16 bits per heavy atom. The second-order valence-corrected chi connectivity index (χ2v) is 7.08. The molecule has 2 aliphatic rings. The van der Waals surface area contributed by atoms with Gasteiger partial charge in [-0.15, -0.1) is 0 Å². The largest absolute Gasteiger partial charge is 0.392 e. The first kappa shape index (κ1) is 14.7. The number of likely N-dealkylation sites (tertiary alicyclic amines) is 1. The molecule has 1 unspecified atom stereocenters. The Morgan fingerprint density at radius 1 is 1.21 bits per heavy atom. The molecule has 2 rings (SSSR count). The summed E-state index contributed by atoms with van der Waals surface area (Å²) in [6.45, 7) is 5.98. The highest BCUT2D eigenvalue weighted by molar-refractivity contribution is 5.81. The van der Waals surface area contributed by atoms with E-state index in [2.05, 4.69) is 0 Å². The molecule has 0 aromatic rings. The molecule has 1 heterocycles. The number of piperidine rings is 1.